The average molecular weight is 287 g/mol. The van der Waals surface area contributed by atoms with Crippen molar-refractivity contribution in [3.63, 3.8) is 0 Å². The summed E-state index contributed by atoms with van der Waals surface area (Å²) < 4.78 is 5.06. The number of methoxy groups -OCH3 is 1. The summed E-state index contributed by atoms with van der Waals surface area (Å²) in [5.41, 5.74) is 1.87. The number of carbonyl (C=O) groups excluding carboxylic acids is 1. The van der Waals surface area contributed by atoms with E-state index in [0.29, 0.717) is 11.4 Å². The number of benzene rings is 2. The van der Waals surface area contributed by atoms with Crippen LogP contribution in [0.4, 0.5) is 0 Å². The lowest BCUT2D eigenvalue weighted by Gasteiger charge is -2.06. The van der Waals surface area contributed by atoms with Crippen LogP contribution in [0.3, 0.4) is 0 Å². The number of hydrogen-bond acceptors (Lipinski definition) is 3. The average Bonchev–Trinajstić information content (AvgIpc) is 2.49. The van der Waals surface area contributed by atoms with Crippen molar-refractivity contribution in [1.82, 2.24) is 5.32 Å². The number of nitrogens with one attached hydrogen (secondary N) is 1. The molecule has 0 aliphatic rings. The topological polar surface area (TPSA) is 38.3 Å². The van der Waals surface area contributed by atoms with Crippen molar-refractivity contribution >= 4 is 17.7 Å². The van der Waals surface area contributed by atoms with Crippen molar-refractivity contribution in [3.05, 3.63) is 59.7 Å². The van der Waals surface area contributed by atoms with Crippen LogP contribution in [0.15, 0.2) is 53.4 Å². The number of hydrogen-bond donors (Lipinski definition) is 1. The first-order valence-electron chi connectivity index (χ1n) is 6.31. The van der Waals surface area contributed by atoms with Gasteiger partial charge < -0.3 is 10.1 Å². The highest BCUT2D eigenvalue weighted by atomic mass is 32.2. The molecule has 2 aromatic carbocycles. The summed E-state index contributed by atoms with van der Waals surface area (Å²) in [6.45, 7) is 2.06. The van der Waals surface area contributed by atoms with E-state index in [9.17, 15) is 4.79 Å². The van der Waals surface area contributed by atoms with E-state index in [0.717, 1.165) is 10.6 Å². The quantitative estimate of drug-likeness (QED) is 0.676. The van der Waals surface area contributed by atoms with Crippen LogP contribution in [0.1, 0.15) is 15.9 Å². The Morgan fingerprint density at radius 2 is 1.75 bits per heavy atom. The first kappa shape index (κ1) is 14.5. The molecule has 4 heteroatoms. The van der Waals surface area contributed by atoms with E-state index in [1.165, 1.54) is 5.56 Å². The van der Waals surface area contributed by atoms with Crippen molar-refractivity contribution < 1.29 is 9.53 Å². The van der Waals surface area contributed by atoms with Crippen molar-refractivity contribution in [2.45, 2.75) is 11.8 Å². The van der Waals surface area contributed by atoms with E-state index in [1.807, 2.05) is 0 Å². The van der Waals surface area contributed by atoms with Gasteiger partial charge in [-0.2, -0.15) is 0 Å². The minimum Gasteiger partial charge on any atom is -0.497 e. The highest BCUT2D eigenvalue weighted by molar-refractivity contribution is 7.99. The van der Waals surface area contributed by atoms with Crippen LogP contribution in [0, 0.1) is 6.92 Å². The van der Waals surface area contributed by atoms with Crippen LogP contribution in [-0.2, 0) is 0 Å². The molecule has 1 N–H and O–H groups in total. The Bertz CT molecular complexity index is 564. The summed E-state index contributed by atoms with van der Waals surface area (Å²) in [5, 5.41) is 2.88. The summed E-state index contributed by atoms with van der Waals surface area (Å²) in [4.78, 5) is 13.1. The van der Waals surface area contributed by atoms with E-state index in [-0.39, 0.29) is 5.91 Å². The highest BCUT2D eigenvalue weighted by Gasteiger charge is 2.04. The third kappa shape index (κ3) is 4.03. The second-order valence-corrected chi connectivity index (χ2v) is 5.38. The molecule has 2 aromatic rings. The van der Waals surface area contributed by atoms with Gasteiger partial charge in [0.1, 0.15) is 5.75 Å². The third-order valence-electron chi connectivity index (χ3n) is 2.84. The standard InChI is InChI=1S/C16H17NO2S/c1-12-3-9-15(10-4-12)20-11-17-16(18)13-5-7-14(19-2)8-6-13/h3-10H,11H2,1-2H3,(H,17,18). The number of thioether (sulfide) groups is 1. The zero-order valence-electron chi connectivity index (χ0n) is 11.6. The van der Waals surface area contributed by atoms with Crippen molar-refractivity contribution in [1.29, 1.82) is 0 Å². The lowest BCUT2D eigenvalue weighted by molar-refractivity contribution is 0.0961. The van der Waals surface area contributed by atoms with E-state index in [4.69, 9.17) is 4.74 Å². The number of ether oxygens (including phenoxy) is 1. The molecule has 20 heavy (non-hydrogen) atoms. The zero-order chi connectivity index (χ0) is 14.4. The lowest BCUT2D eigenvalue weighted by Crippen LogP contribution is -2.22. The molecular weight excluding hydrogens is 270 g/mol. The monoisotopic (exact) mass is 287 g/mol. The highest BCUT2D eigenvalue weighted by Crippen LogP contribution is 2.17. The minimum atomic E-state index is -0.0766. The smallest absolute Gasteiger partial charge is 0.251 e. The van der Waals surface area contributed by atoms with Gasteiger partial charge in [0.25, 0.3) is 5.91 Å². The Balaban J connectivity index is 1.83. The summed E-state index contributed by atoms with van der Waals surface area (Å²) in [6, 6.07) is 15.3. The predicted molar refractivity (Wildman–Crippen MR) is 82.4 cm³/mol. The third-order valence-corrected chi connectivity index (χ3v) is 3.74. The molecule has 0 radical (unpaired) electrons. The van der Waals surface area contributed by atoms with Crippen LogP contribution < -0.4 is 10.1 Å². The van der Waals surface area contributed by atoms with Crippen molar-refractivity contribution in [2.75, 3.05) is 13.0 Å². The lowest BCUT2D eigenvalue weighted by atomic mass is 10.2. The van der Waals surface area contributed by atoms with Gasteiger partial charge in [-0.1, -0.05) is 17.7 Å². The maximum Gasteiger partial charge on any atom is 0.251 e. The Labute approximate surface area is 123 Å². The SMILES string of the molecule is COc1ccc(C(=O)NCSc2ccc(C)cc2)cc1. The van der Waals surface area contributed by atoms with Gasteiger partial charge in [0.05, 0.1) is 13.0 Å². The zero-order valence-corrected chi connectivity index (χ0v) is 12.4. The van der Waals surface area contributed by atoms with Crippen molar-refractivity contribution in [3.8, 4) is 5.75 Å². The van der Waals surface area contributed by atoms with E-state index in [1.54, 1.807) is 43.1 Å². The number of amides is 1. The maximum absolute atomic E-state index is 11.9. The number of aryl methyl sites for hydroxylation is 1. The predicted octanol–water partition coefficient (Wildman–Crippen LogP) is 3.48. The van der Waals surface area contributed by atoms with Crippen molar-refractivity contribution in [2.24, 2.45) is 0 Å². The molecular formula is C16H17NO2S. The second-order valence-electron chi connectivity index (χ2n) is 4.34. The molecule has 0 saturated carbocycles. The van der Waals surface area contributed by atoms with E-state index in [2.05, 4.69) is 36.5 Å². The molecule has 0 aromatic heterocycles. The molecule has 0 aliphatic carbocycles. The Kier molecular flexibility index (Phi) is 5.07. The Morgan fingerprint density at radius 3 is 2.35 bits per heavy atom. The summed E-state index contributed by atoms with van der Waals surface area (Å²) in [5.74, 6) is 1.22. The fourth-order valence-corrected chi connectivity index (χ4v) is 2.36. The molecule has 0 atom stereocenters. The Morgan fingerprint density at radius 1 is 1.10 bits per heavy atom. The van der Waals surface area contributed by atoms with Gasteiger partial charge in [-0.25, -0.2) is 0 Å². The van der Waals surface area contributed by atoms with Gasteiger partial charge in [0, 0.05) is 10.5 Å². The van der Waals surface area contributed by atoms with E-state index < -0.39 is 0 Å². The van der Waals surface area contributed by atoms with Crippen LogP contribution in [0.2, 0.25) is 0 Å². The van der Waals surface area contributed by atoms with Gasteiger partial charge in [-0.05, 0) is 43.3 Å². The first-order chi connectivity index (χ1) is 9.69. The summed E-state index contributed by atoms with van der Waals surface area (Å²) in [7, 11) is 1.60. The normalized spacial score (nSPS) is 10.1. The molecule has 0 fully saturated rings. The fraction of sp³-hybridized carbons (Fsp3) is 0.188. The molecule has 104 valence electrons. The fourth-order valence-electron chi connectivity index (χ4n) is 1.66. The molecule has 1 amide bonds. The van der Waals surface area contributed by atoms with E-state index >= 15 is 0 Å². The Hall–Kier alpha value is -1.94. The number of carbonyl (C=O) groups is 1. The largest absolute Gasteiger partial charge is 0.497 e. The van der Waals surface area contributed by atoms with Crippen LogP contribution in [-0.4, -0.2) is 18.9 Å². The molecule has 0 aliphatic heterocycles. The number of rotatable bonds is 5. The van der Waals surface area contributed by atoms with Gasteiger partial charge in [0.2, 0.25) is 0 Å². The first-order valence-corrected chi connectivity index (χ1v) is 7.29. The van der Waals surface area contributed by atoms with Gasteiger partial charge >= 0.3 is 0 Å². The molecule has 0 spiro atoms. The molecule has 2 rings (SSSR count). The molecule has 3 nitrogen and oxygen atoms in total. The molecule has 0 saturated heterocycles. The summed E-state index contributed by atoms with van der Waals surface area (Å²) >= 11 is 1.60. The molecule has 0 unspecified atom stereocenters. The minimum absolute atomic E-state index is 0.0766. The van der Waals surface area contributed by atoms with Gasteiger partial charge in [-0.15, -0.1) is 11.8 Å². The van der Waals surface area contributed by atoms with Crippen LogP contribution in [0.5, 0.6) is 5.75 Å². The second kappa shape index (κ2) is 7.01. The van der Waals surface area contributed by atoms with Crippen LogP contribution in [0.25, 0.3) is 0 Å². The van der Waals surface area contributed by atoms with Crippen LogP contribution >= 0.6 is 11.8 Å². The molecule has 0 bridgehead atoms. The van der Waals surface area contributed by atoms with Gasteiger partial charge in [-0.3, -0.25) is 4.79 Å². The molecule has 0 heterocycles. The maximum atomic E-state index is 11.9. The van der Waals surface area contributed by atoms with Gasteiger partial charge in [0.15, 0.2) is 0 Å². The summed E-state index contributed by atoms with van der Waals surface area (Å²) in [6.07, 6.45) is 0.